The van der Waals surface area contributed by atoms with Crippen LogP contribution in [0.15, 0.2) is 18.2 Å². The van der Waals surface area contributed by atoms with Crippen LogP contribution in [0.4, 0.5) is 13.6 Å². The van der Waals surface area contributed by atoms with Crippen LogP contribution >= 0.6 is 16.3 Å². The molecule has 8 heteroatoms. The van der Waals surface area contributed by atoms with Gasteiger partial charge in [0.15, 0.2) is 16.3 Å². The van der Waals surface area contributed by atoms with Crippen LogP contribution < -0.4 is 11.1 Å². The molecule has 0 aliphatic carbocycles. The smallest absolute Gasteiger partial charge is 0.367 e. The molecule has 0 aliphatic rings. The second-order valence-corrected chi connectivity index (χ2v) is 7.08. The molecule has 1 aromatic carbocycles. The fraction of sp³-hybridized carbons (Fsp3) is 0.529. The summed E-state index contributed by atoms with van der Waals surface area (Å²) in [4.78, 5) is 23.6. The summed E-state index contributed by atoms with van der Waals surface area (Å²) in [6.07, 6.45) is 0.0389. The van der Waals surface area contributed by atoms with Crippen molar-refractivity contribution < 1.29 is 22.2 Å². The summed E-state index contributed by atoms with van der Waals surface area (Å²) < 4.78 is 31.5. The number of hydrogen-bond donors (Lipinski definition) is 2. The van der Waals surface area contributed by atoms with E-state index in [2.05, 4.69) is 25.4 Å². The van der Waals surface area contributed by atoms with E-state index in [0.717, 1.165) is 18.2 Å². The topological polar surface area (TPSA) is 81.4 Å². The Balaban J connectivity index is 2.77. The highest BCUT2D eigenvalue weighted by Crippen LogP contribution is 2.21. The molecule has 0 heterocycles. The maximum Gasteiger partial charge on any atom is 0.419 e. The van der Waals surface area contributed by atoms with Crippen molar-refractivity contribution in [3.8, 4) is 0 Å². The third kappa shape index (κ3) is 7.92. The zero-order valence-corrected chi connectivity index (χ0v) is 15.9. The molecule has 0 saturated heterocycles. The Hall–Kier alpha value is -1.54. The summed E-state index contributed by atoms with van der Waals surface area (Å²) in [6, 6.07) is 2.35. The highest BCUT2D eigenvalue weighted by molar-refractivity contribution is 9.06. The zero-order valence-electron chi connectivity index (χ0n) is 14.3. The molecule has 3 N–H and O–H groups in total. The number of rotatable bonds is 9. The SMILES string of the molecule is CC(C)(CN)CCC(=O)CC(Cc1cc(F)ccc1F)NC(=O)OBr. The number of benzene rings is 1. The van der Waals surface area contributed by atoms with Gasteiger partial charge in [-0.25, -0.2) is 13.6 Å². The summed E-state index contributed by atoms with van der Waals surface area (Å²) in [7, 11) is 0. The van der Waals surface area contributed by atoms with E-state index in [1.165, 1.54) is 0 Å². The van der Waals surface area contributed by atoms with E-state index in [-0.39, 0.29) is 36.0 Å². The summed E-state index contributed by atoms with van der Waals surface area (Å²) in [5, 5.41) is 2.46. The minimum absolute atomic E-state index is 0.0152. The molecule has 1 rings (SSSR count). The summed E-state index contributed by atoms with van der Waals surface area (Å²) in [5.74, 6) is -1.29. The molecular weight excluding hydrogens is 398 g/mol. The third-order valence-corrected chi connectivity index (χ3v) is 4.27. The summed E-state index contributed by atoms with van der Waals surface area (Å²) >= 11 is 2.54. The lowest BCUT2D eigenvalue weighted by Gasteiger charge is -2.22. The van der Waals surface area contributed by atoms with Crippen LogP contribution in [0.1, 0.15) is 38.7 Å². The number of nitrogens with two attached hydrogens (primary N) is 1. The molecule has 0 radical (unpaired) electrons. The van der Waals surface area contributed by atoms with Crippen molar-refractivity contribution in [1.82, 2.24) is 5.32 Å². The van der Waals surface area contributed by atoms with Gasteiger partial charge in [0, 0.05) is 18.9 Å². The first-order valence-corrected chi connectivity index (χ1v) is 8.56. The summed E-state index contributed by atoms with van der Waals surface area (Å²) in [6.45, 7) is 4.37. The first-order chi connectivity index (χ1) is 11.7. The molecule has 0 fully saturated rings. The van der Waals surface area contributed by atoms with E-state index in [4.69, 9.17) is 5.73 Å². The first-order valence-electron chi connectivity index (χ1n) is 7.91. The minimum atomic E-state index is -0.808. The second kappa shape index (κ2) is 9.82. The molecule has 0 aliphatic heterocycles. The number of halogens is 3. The number of hydrogen-bond acceptors (Lipinski definition) is 4. The molecule has 1 atom stereocenters. The van der Waals surface area contributed by atoms with Gasteiger partial charge in [-0.05, 0) is 48.6 Å². The van der Waals surface area contributed by atoms with Gasteiger partial charge in [-0.15, -0.1) is 0 Å². The van der Waals surface area contributed by atoms with Gasteiger partial charge in [0.25, 0.3) is 0 Å². The third-order valence-electron chi connectivity index (χ3n) is 3.97. The predicted octanol–water partition coefficient (Wildman–Crippen LogP) is 3.64. The number of ketones is 1. The van der Waals surface area contributed by atoms with Gasteiger partial charge in [0.2, 0.25) is 0 Å². The van der Waals surface area contributed by atoms with Crippen molar-refractivity contribution in [2.24, 2.45) is 11.1 Å². The van der Waals surface area contributed by atoms with Gasteiger partial charge >= 0.3 is 6.09 Å². The van der Waals surface area contributed by atoms with Crippen LogP contribution in [-0.2, 0) is 15.0 Å². The van der Waals surface area contributed by atoms with Crippen LogP contribution in [0.2, 0.25) is 0 Å². The van der Waals surface area contributed by atoms with Gasteiger partial charge in [0.05, 0.1) is 0 Å². The number of carbonyl (C=O) groups excluding carboxylic acids is 2. The average Bonchev–Trinajstić information content (AvgIpc) is 2.56. The molecule has 0 saturated carbocycles. The van der Waals surface area contributed by atoms with E-state index < -0.39 is 23.8 Å². The van der Waals surface area contributed by atoms with E-state index in [1.54, 1.807) is 0 Å². The van der Waals surface area contributed by atoms with Crippen molar-refractivity contribution in [2.75, 3.05) is 6.54 Å². The Morgan fingerprint density at radius 1 is 1.36 bits per heavy atom. The quantitative estimate of drug-likeness (QED) is 0.638. The van der Waals surface area contributed by atoms with Crippen molar-refractivity contribution in [1.29, 1.82) is 0 Å². The molecular formula is C17H23BrF2N2O3. The lowest BCUT2D eigenvalue weighted by Crippen LogP contribution is -2.37. The van der Waals surface area contributed by atoms with E-state index >= 15 is 0 Å². The Labute approximate surface area is 154 Å². The largest absolute Gasteiger partial charge is 0.419 e. The van der Waals surface area contributed by atoms with Gasteiger partial charge in [-0.1, -0.05) is 13.8 Å². The number of nitrogens with one attached hydrogen (secondary N) is 1. The van der Waals surface area contributed by atoms with Crippen LogP contribution in [0.25, 0.3) is 0 Å². The molecule has 0 bridgehead atoms. The van der Waals surface area contributed by atoms with E-state index in [1.807, 2.05) is 13.8 Å². The van der Waals surface area contributed by atoms with Crippen LogP contribution in [0.5, 0.6) is 0 Å². The Kier molecular flexibility index (Phi) is 8.44. The first kappa shape index (κ1) is 21.5. The van der Waals surface area contributed by atoms with E-state index in [0.29, 0.717) is 13.0 Å². The molecule has 0 spiro atoms. The number of amides is 1. The average molecular weight is 421 g/mol. The molecule has 0 aromatic heterocycles. The van der Waals surface area contributed by atoms with Crippen molar-refractivity contribution in [2.45, 2.75) is 45.6 Å². The highest BCUT2D eigenvalue weighted by atomic mass is 79.9. The van der Waals surface area contributed by atoms with Crippen molar-refractivity contribution in [3.63, 3.8) is 0 Å². The summed E-state index contributed by atoms with van der Waals surface area (Å²) in [5.41, 5.74) is 5.56. The Bertz CT molecular complexity index is 612. The molecule has 5 nitrogen and oxygen atoms in total. The lowest BCUT2D eigenvalue weighted by molar-refractivity contribution is -0.120. The van der Waals surface area contributed by atoms with Gasteiger partial charge in [0.1, 0.15) is 17.4 Å². The van der Waals surface area contributed by atoms with Gasteiger partial charge in [-0.3, -0.25) is 4.79 Å². The minimum Gasteiger partial charge on any atom is -0.367 e. The fourth-order valence-corrected chi connectivity index (χ4v) is 2.38. The van der Waals surface area contributed by atoms with Crippen LogP contribution in [0.3, 0.4) is 0 Å². The Morgan fingerprint density at radius 3 is 2.64 bits per heavy atom. The molecule has 1 unspecified atom stereocenters. The van der Waals surface area contributed by atoms with Gasteiger partial charge < -0.3 is 14.9 Å². The Morgan fingerprint density at radius 2 is 2.04 bits per heavy atom. The van der Waals surface area contributed by atoms with E-state index in [9.17, 15) is 18.4 Å². The maximum atomic E-state index is 13.8. The zero-order chi connectivity index (χ0) is 19.0. The van der Waals surface area contributed by atoms with Crippen molar-refractivity contribution >= 4 is 28.1 Å². The van der Waals surface area contributed by atoms with Crippen molar-refractivity contribution in [3.05, 3.63) is 35.4 Å². The maximum absolute atomic E-state index is 13.8. The normalized spacial score (nSPS) is 12.6. The second-order valence-electron chi connectivity index (χ2n) is 6.76. The standard InChI is InChI=1S/C17H23BrF2N2O3/c1-17(2,10-21)6-5-14(23)9-13(22-16(24)25-18)8-11-7-12(19)3-4-15(11)20/h3-4,7,13H,5-6,8-10,21H2,1-2H3,(H,22,24). The molecule has 1 amide bonds. The lowest BCUT2D eigenvalue weighted by atomic mass is 9.86. The highest BCUT2D eigenvalue weighted by Gasteiger charge is 2.22. The number of carbonyl (C=O) groups is 2. The predicted molar refractivity (Wildman–Crippen MR) is 94.1 cm³/mol. The monoisotopic (exact) mass is 420 g/mol. The molecule has 25 heavy (non-hydrogen) atoms. The number of Topliss-reactive ketones (excluding diaryl/α,β-unsaturated/α-hetero) is 1. The molecule has 140 valence electrons. The van der Waals surface area contributed by atoms with Crippen LogP contribution in [0, 0.1) is 17.0 Å². The van der Waals surface area contributed by atoms with Crippen LogP contribution in [-0.4, -0.2) is 24.5 Å². The fourth-order valence-electron chi connectivity index (χ4n) is 2.29. The molecule has 1 aromatic rings. The van der Waals surface area contributed by atoms with Gasteiger partial charge in [-0.2, -0.15) is 0 Å².